The van der Waals surface area contributed by atoms with Crippen LogP contribution in [0.2, 0.25) is 0 Å². The molecule has 0 radical (unpaired) electrons. The van der Waals surface area contributed by atoms with Gasteiger partial charge in [0.1, 0.15) is 5.82 Å². The van der Waals surface area contributed by atoms with E-state index in [0.717, 1.165) is 5.56 Å². The Morgan fingerprint density at radius 1 is 1.39 bits per heavy atom. The molecule has 2 nitrogen and oxygen atoms in total. The summed E-state index contributed by atoms with van der Waals surface area (Å²) in [6, 6.07) is 3.24. The molecule has 4 heteroatoms. The van der Waals surface area contributed by atoms with Crippen LogP contribution < -0.4 is 0 Å². The van der Waals surface area contributed by atoms with E-state index < -0.39 is 5.82 Å². The van der Waals surface area contributed by atoms with Gasteiger partial charge in [-0.05, 0) is 30.0 Å². The lowest BCUT2D eigenvalue weighted by Gasteiger charge is -2.35. The van der Waals surface area contributed by atoms with Crippen LogP contribution in [0.3, 0.4) is 0 Å². The Balaban J connectivity index is 2.40. The largest absolute Gasteiger partial charge is 0.331 e. The van der Waals surface area contributed by atoms with E-state index in [1.807, 2.05) is 13.0 Å². The van der Waals surface area contributed by atoms with Gasteiger partial charge < -0.3 is 4.90 Å². The lowest BCUT2D eigenvalue weighted by molar-refractivity contribution is 0.0576. The second kappa shape index (κ2) is 4.34. The van der Waals surface area contributed by atoms with Gasteiger partial charge in [0.25, 0.3) is 5.91 Å². The van der Waals surface area contributed by atoms with E-state index in [-0.39, 0.29) is 22.9 Å². The van der Waals surface area contributed by atoms with Crippen molar-refractivity contribution >= 4 is 21.8 Å². The maximum absolute atomic E-state index is 13.9. The van der Waals surface area contributed by atoms with Crippen molar-refractivity contribution in [2.24, 2.45) is 5.41 Å². The maximum Gasteiger partial charge on any atom is 0.257 e. The predicted molar refractivity (Wildman–Crippen MR) is 72.9 cm³/mol. The summed E-state index contributed by atoms with van der Waals surface area (Å²) >= 11 is 3.26. The van der Waals surface area contributed by atoms with Gasteiger partial charge in [-0.2, -0.15) is 0 Å². The summed E-state index contributed by atoms with van der Waals surface area (Å²) in [7, 11) is 0. The van der Waals surface area contributed by atoms with Crippen molar-refractivity contribution in [1.82, 2.24) is 4.90 Å². The van der Waals surface area contributed by atoms with Gasteiger partial charge >= 0.3 is 0 Å². The lowest BCUT2D eigenvalue weighted by Crippen LogP contribution is -2.42. The molecule has 18 heavy (non-hydrogen) atoms. The highest BCUT2D eigenvalue weighted by Crippen LogP contribution is 2.34. The Hall–Kier alpha value is -0.900. The minimum absolute atomic E-state index is 0.0224. The van der Waals surface area contributed by atoms with Crippen molar-refractivity contribution in [3.05, 3.63) is 33.5 Å². The van der Waals surface area contributed by atoms with E-state index in [2.05, 4.69) is 36.7 Å². The molecule has 0 bridgehead atoms. The van der Waals surface area contributed by atoms with Crippen molar-refractivity contribution in [3.8, 4) is 0 Å². The maximum atomic E-state index is 13.9. The highest BCUT2D eigenvalue weighted by Gasteiger charge is 2.37. The fraction of sp³-hybridized carbons (Fsp3) is 0.500. The molecule has 0 fully saturated rings. The molecule has 2 rings (SSSR count). The van der Waals surface area contributed by atoms with Crippen LogP contribution in [-0.4, -0.2) is 16.8 Å². The van der Waals surface area contributed by atoms with E-state index in [0.29, 0.717) is 11.0 Å². The van der Waals surface area contributed by atoms with Crippen molar-refractivity contribution in [2.75, 3.05) is 0 Å². The van der Waals surface area contributed by atoms with Crippen LogP contribution in [0.25, 0.3) is 0 Å². The van der Waals surface area contributed by atoms with Gasteiger partial charge in [-0.3, -0.25) is 4.79 Å². The molecule has 1 aliphatic rings. The third-order valence-corrected chi connectivity index (χ3v) is 4.13. The molecular formula is C14H17BrFNO. The Bertz CT molecular complexity index is 507. The Labute approximate surface area is 115 Å². The van der Waals surface area contributed by atoms with Crippen molar-refractivity contribution in [3.63, 3.8) is 0 Å². The smallest absolute Gasteiger partial charge is 0.257 e. The fourth-order valence-corrected chi connectivity index (χ4v) is 2.65. The number of carbonyl (C=O) groups is 1. The first-order valence-electron chi connectivity index (χ1n) is 6.00. The van der Waals surface area contributed by atoms with E-state index in [1.165, 1.54) is 6.07 Å². The van der Waals surface area contributed by atoms with Crippen LogP contribution in [0.5, 0.6) is 0 Å². The summed E-state index contributed by atoms with van der Waals surface area (Å²) in [4.78, 5) is 14.0. The second-order valence-electron chi connectivity index (χ2n) is 5.90. The van der Waals surface area contributed by atoms with Crippen LogP contribution in [-0.2, 0) is 6.54 Å². The normalized spacial score (nSPS) is 17.0. The topological polar surface area (TPSA) is 20.3 Å². The number of rotatable bonds is 1. The van der Waals surface area contributed by atoms with Crippen molar-refractivity contribution < 1.29 is 9.18 Å². The minimum atomic E-state index is -0.437. The Morgan fingerprint density at radius 2 is 2.00 bits per heavy atom. The van der Waals surface area contributed by atoms with Gasteiger partial charge in [-0.25, -0.2) is 4.39 Å². The summed E-state index contributed by atoms with van der Waals surface area (Å²) in [5, 5.41) is 0. The zero-order valence-corrected chi connectivity index (χ0v) is 12.6. The highest BCUT2D eigenvalue weighted by molar-refractivity contribution is 9.10. The number of hydrogen-bond donors (Lipinski definition) is 0. The van der Waals surface area contributed by atoms with Crippen LogP contribution in [0.15, 0.2) is 16.6 Å². The van der Waals surface area contributed by atoms with Gasteiger partial charge in [0.2, 0.25) is 0 Å². The molecule has 1 aromatic carbocycles. The van der Waals surface area contributed by atoms with E-state index in [9.17, 15) is 9.18 Å². The first kappa shape index (κ1) is 13.5. The molecule has 98 valence electrons. The number of halogens is 2. The summed E-state index contributed by atoms with van der Waals surface area (Å²) < 4.78 is 14.5. The Morgan fingerprint density at radius 3 is 2.56 bits per heavy atom. The summed E-state index contributed by atoms with van der Waals surface area (Å²) in [6.45, 7) is 8.75. The zero-order chi connectivity index (χ0) is 13.7. The quantitative estimate of drug-likeness (QED) is 0.768. The number of carbonyl (C=O) groups excluding carboxylic acids is 1. The molecule has 0 saturated carbocycles. The first-order chi connectivity index (χ1) is 8.21. The van der Waals surface area contributed by atoms with E-state index >= 15 is 0 Å². The summed E-state index contributed by atoms with van der Waals surface area (Å²) in [6.07, 6.45) is 0. The number of nitrogens with zero attached hydrogens (tertiary/aromatic N) is 1. The average Bonchev–Trinajstić information content (AvgIpc) is 2.53. The molecule has 1 aliphatic heterocycles. The molecule has 0 unspecified atom stereocenters. The summed E-state index contributed by atoms with van der Waals surface area (Å²) in [5.41, 5.74) is 0.975. The molecule has 0 aliphatic carbocycles. The molecule has 0 saturated heterocycles. The van der Waals surface area contributed by atoms with Crippen molar-refractivity contribution in [2.45, 2.75) is 40.3 Å². The zero-order valence-electron chi connectivity index (χ0n) is 11.1. The van der Waals surface area contributed by atoms with Crippen LogP contribution in [0.4, 0.5) is 4.39 Å². The third-order valence-electron chi connectivity index (χ3n) is 3.67. The van der Waals surface area contributed by atoms with Crippen LogP contribution in [0.1, 0.15) is 43.6 Å². The van der Waals surface area contributed by atoms with Gasteiger partial charge in [-0.15, -0.1) is 0 Å². The Kier molecular flexibility index (Phi) is 3.26. The van der Waals surface area contributed by atoms with Gasteiger partial charge in [0.05, 0.1) is 5.56 Å². The SMILES string of the molecule is C[C@H](N1Cc2cc(Br)cc(F)c2C1=O)C(C)(C)C. The molecule has 0 aromatic heterocycles. The van der Waals surface area contributed by atoms with Crippen LogP contribution in [0, 0.1) is 11.2 Å². The number of amides is 1. The summed E-state index contributed by atoms with van der Waals surface area (Å²) in [5.74, 6) is -0.634. The van der Waals surface area contributed by atoms with Gasteiger partial charge in [0.15, 0.2) is 0 Å². The molecule has 0 N–H and O–H groups in total. The molecule has 0 spiro atoms. The molecule has 1 aromatic rings. The number of benzene rings is 1. The van der Waals surface area contributed by atoms with Crippen molar-refractivity contribution in [1.29, 1.82) is 0 Å². The number of hydrogen-bond acceptors (Lipinski definition) is 1. The van der Waals surface area contributed by atoms with Crippen LogP contribution >= 0.6 is 15.9 Å². The number of fused-ring (bicyclic) bond motifs is 1. The fourth-order valence-electron chi connectivity index (χ4n) is 2.17. The monoisotopic (exact) mass is 313 g/mol. The van der Waals surface area contributed by atoms with E-state index in [4.69, 9.17) is 0 Å². The molecule has 1 atom stereocenters. The lowest BCUT2D eigenvalue weighted by atomic mass is 9.87. The van der Waals surface area contributed by atoms with E-state index in [1.54, 1.807) is 4.90 Å². The average molecular weight is 314 g/mol. The van der Waals surface area contributed by atoms with Gasteiger partial charge in [0, 0.05) is 17.1 Å². The third kappa shape index (κ3) is 2.18. The van der Waals surface area contributed by atoms with Gasteiger partial charge in [-0.1, -0.05) is 36.7 Å². The molecular weight excluding hydrogens is 297 g/mol. The second-order valence-corrected chi connectivity index (χ2v) is 6.81. The first-order valence-corrected chi connectivity index (χ1v) is 6.80. The molecule has 1 heterocycles. The minimum Gasteiger partial charge on any atom is -0.331 e. The molecule has 1 amide bonds. The highest BCUT2D eigenvalue weighted by atomic mass is 79.9. The predicted octanol–water partition coefficient (Wildman–Crippen LogP) is 3.98. The standard InChI is InChI=1S/C14H17BrFNO/c1-8(14(2,3)4)17-7-9-5-10(15)6-11(16)12(9)13(17)18/h5-6,8H,7H2,1-4H3/t8-/m0/s1.